The third-order valence-electron chi connectivity index (χ3n) is 6.75. The molecule has 0 aromatic carbocycles. The van der Waals surface area contributed by atoms with Crippen LogP contribution in [0, 0.1) is 11.8 Å². The number of carbonyl (C=O) groups excluding carboxylic acids is 1. The monoisotopic (exact) mass is 506 g/mol. The van der Waals surface area contributed by atoms with Gasteiger partial charge in [0, 0.05) is 30.4 Å². The maximum absolute atomic E-state index is 13.4. The number of nitrogens with one attached hydrogen (secondary N) is 2. The van der Waals surface area contributed by atoms with E-state index < -0.39 is 15.1 Å². The Morgan fingerprint density at radius 3 is 2.68 bits per heavy atom. The molecule has 9 heteroatoms. The lowest BCUT2D eigenvalue weighted by molar-refractivity contribution is 0.0929. The number of unbranched alkanes of at least 4 members (excludes halogenated alkanes) is 1. The van der Waals surface area contributed by atoms with Crippen molar-refractivity contribution in [2.75, 3.05) is 18.1 Å². The molecular weight excluding hydrogens is 468 g/mol. The predicted octanol–water partition coefficient (Wildman–Crippen LogP) is 4.18. The molecule has 3 rings (SSSR count). The summed E-state index contributed by atoms with van der Waals surface area (Å²) in [4.78, 5) is 17.9. The molecule has 2 aromatic heterocycles. The average molecular weight is 507 g/mol. The van der Waals surface area contributed by atoms with Crippen LogP contribution >= 0.6 is 11.3 Å². The number of pyridine rings is 1. The third-order valence-corrected chi connectivity index (χ3v) is 9.01. The number of thiophene rings is 1. The van der Waals surface area contributed by atoms with Crippen molar-refractivity contribution in [1.82, 2.24) is 10.3 Å². The first-order valence-electron chi connectivity index (χ1n) is 12.1. The van der Waals surface area contributed by atoms with Crippen LogP contribution in [0.4, 0.5) is 5.82 Å². The number of hydrogen-bond acceptors (Lipinski definition) is 7. The molecule has 4 N–H and O–H groups in total. The summed E-state index contributed by atoms with van der Waals surface area (Å²) in [7, 11) is -3.36. The summed E-state index contributed by atoms with van der Waals surface area (Å²) in [5, 5.41) is 9.73. The van der Waals surface area contributed by atoms with Crippen LogP contribution in [0.2, 0.25) is 0 Å². The third kappa shape index (κ3) is 7.52. The minimum absolute atomic E-state index is 0.172. The number of carbonyl (C=O) groups is 1. The van der Waals surface area contributed by atoms with Crippen molar-refractivity contribution in [3.05, 3.63) is 45.8 Å². The van der Waals surface area contributed by atoms with Gasteiger partial charge in [-0.15, -0.1) is 0 Å². The second kappa shape index (κ2) is 11.6. The Balaban J connectivity index is 1.84. The fourth-order valence-electron chi connectivity index (χ4n) is 3.99. The largest absolute Gasteiger partial charge is 0.370 e. The summed E-state index contributed by atoms with van der Waals surface area (Å²) in [6, 6.07) is 4.95. The highest BCUT2D eigenvalue weighted by atomic mass is 32.2. The fourth-order valence-corrected chi connectivity index (χ4v) is 5.23. The average Bonchev–Trinajstić information content (AvgIpc) is 3.26. The molecule has 1 saturated carbocycles. The maximum Gasteiger partial charge on any atom is 0.251 e. The van der Waals surface area contributed by atoms with Crippen molar-refractivity contribution in [2.45, 2.75) is 70.2 Å². The zero-order valence-corrected chi connectivity index (χ0v) is 22.2. The second-order valence-electron chi connectivity index (χ2n) is 9.71. The van der Waals surface area contributed by atoms with Crippen molar-refractivity contribution in [3.63, 3.8) is 0 Å². The van der Waals surface area contributed by atoms with Gasteiger partial charge >= 0.3 is 0 Å². The lowest BCUT2D eigenvalue weighted by Crippen LogP contribution is -2.49. The number of hydrogen-bond donors (Lipinski definition) is 3. The Morgan fingerprint density at radius 1 is 1.35 bits per heavy atom. The summed E-state index contributed by atoms with van der Waals surface area (Å²) >= 11 is 1.62. The molecule has 2 heterocycles. The lowest BCUT2D eigenvalue weighted by atomic mass is 9.97. The van der Waals surface area contributed by atoms with Gasteiger partial charge in [0.25, 0.3) is 5.91 Å². The van der Waals surface area contributed by atoms with Gasteiger partial charge in [0.05, 0.1) is 5.69 Å². The zero-order chi connectivity index (χ0) is 24.9. The molecule has 34 heavy (non-hydrogen) atoms. The number of anilines is 1. The van der Waals surface area contributed by atoms with E-state index in [4.69, 9.17) is 5.73 Å². The molecule has 2 aromatic rings. The minimum atomic E-state index is -3.36. The van der Waals surface area contributed by atoms with Crippen molar-refractivity contribution >= 4 is 32.9 Å². The summed E-state index contributed by atoms with van der Waals surface area (Å²) in [5.41, 5.74) is 8.40. The smallest absolute Gasteiger partial charge is 0.251 e. The van der Waals surface area contributed by atoms with Gasteiger partial charge in [-0.05, 0) is 72.5 Å². The number of nitrogens with zero attached hydrogens (tertiary/aromatic N) is 1. The second-order valence-corrected chi connectivity index (χ2v) is 12.9. The molecule has 1 amide bonds. The molecule has 188 valence electrons. The molecule has 1 aliphatic rings. The van der Waals surface area contributed by atoms with Gasteiger partial charge in [-0.3, -0.25) is 4.79 Å². The van der Waals surface area contributed by atoms with Crippen LogP contribution in [0.15, 0.2) is 29.0 Å². The van der Waals surface area contributed by atoms with Crippen molar-refractivity contribution < 1.29 is 13.2 Å². The lowest BCUT2D eigenvalue weighted by Gasteiger charge is -2.25. The molecule has 1 aliphatic carbocycles. The highest BCUT2D eigenvalue weighted by molar-refractivity contribution is 7.90. The van der Waals surface area contributed by atoms with Gasteiger partial charge in [-0.1, -0.05) is 26.7 Å². The quantitative estimate of drug-likeness (QED) is 0.376. The highest BCUT2D eigenvalue weighted by Gasteiger charge is 2.32. The van der Waals surface area contributed by atoms with Gasteiger partial charge in [0.2, 0.25) is 0 Å². The van der Waals surface area contributed by atoms with E-state index in [1.54, 1.807) is 30.4 Å². The molecule has 3 unspecified atom stereocenters. The molecule has 0 spiro atoms. The van der Waals surface area contributed by atoms with E-state index in [2.05, 4.69) is 40.9 Å². The Bertz CT molecular complexity index is 1060. The Hall–Kier alpha value is -1.97. The predicted molar refractivity (Wildman–Crippen MR) is 140 cm³/mol. The summed E-state index contributed by atoms with van der Waals surface area (Å²) in [6.45, 7) is 6.69. The van der Waals surface area contributed by atoms with E-state index in [9.17, 15) is 13.2 Å². The molecule has 0 aliphatic heterocycles. The topological polar surface area (TPSA) is 114 Å². The summed E-state index contributed by atoms with van der Waals surface area (Å²) in [6.07, 6.45) is 5.87. The number of sulfone groups is 1. The highest BCUT2D eigenvalue weighted by Crippen LogP contribution is 2.37. The van der Waals surface area contributed by atoms with Crippen LogP contribution < -0.4 is 16.4 Å². The first-order chi connectivity index (χ1) is 16.1. The van der Waals surface area contributed by atoms with Gasteiger partial charge in [-0.25, -0.2) is 13.4 Å². The number of aromatic nitrogens is 1. The van der Waals surface area contributed by atoms with Crippen molar-refractivity contribution in [3.8, 4) is 0 Å². The number of rotatable bonds is 13. The number of nitrogens with two attached hydrogens (primary N) is 1. The molecular formula is C25H38N4O3S2. The van der Waals surface area contributed by atoms with E-state index in [0.717, 1.165) is 31.4 Å². The number of amides is 1. The summed E-state index contributed by atoms with van der Waals surface area (Å²) < 4.78 is 24.4. The molecule has 0 saturated heterocycles. The standard InChI is InChI=1S/C25H38N4O3S2/c1-5-6-7-21(26)23(11-18-8-9-33-15-18)29-25(30)19-12-22(17(3)34(4,31)32)28-24(13-19)27-14-20-10-16(20)2/h8-9,12-13,15-17,20-21,23H,5-7,10-11,14,26H2,1-4H3,(H,27,28)(H,29,30)/t16?,17?,20?,21-,23-/m0/s1. The minimum Gasteiger partial charge on any atom is -0.370 e. The normalized spacial score (nSPS) is 20.4. The maximum atomic E-state index is 13.4. The Labute approximate surface area is 207 Å². The zero-order valence-electron chi connectivity index (χ0n) is 20.6. The van der Waals surface area contributed by atoms with Crippen LogP contribution in [0.1, 0.15) is 73.3 Å². The summed E-state index contributed by atoms with van der Waals surface area (Å²) in [5.74, 6) is 1.53. The SMILES string of the molecule is CCCC[C@H](N)[C@H](Cc1ccsc1)NC(=O)c1cc(NCC2CC2C)nc(C(C)S(C)(=O)=O)c1. The van der Waals surface area contributed by atoms with Gasteiger partial charge in [-0.2, -0.15) is 11.3 Å². The molecule has 1 fully saturated rings. The van der Waals surface area contributed by atoms with Crippen LogP contribution in [0.25, 0.3) is 0 Å². The van der Waals surface area contributed by atoms with E-state index in [0.29, 0.717) is 35.3 Å². The van der Waals surface area contributed by atoms with Gasteiger partial charge in [0.15, 0.2) is 9.84 Å². The van der Waals surface area contributed by atoms with Crippen LogP contribution in [-0.4, -0.2) is 44.2 Å². The molecule has 0 bridgehead atoms. The first-order valence-corrected chi connectivity index (χ1v) is 15.0. The first kappa shape index (κ1) is 26.6. The van der Waals surface area contributed by atoms with E-state index in [-0.39, 0.29) is 18.0 Å². The van der Waals surface area contributed by atoms with Crippen LogP contribution in [-0.2, 0) is 16.3 Å². The Morgan fingerprint density at radius 2 is 2.09 bits per heavy atom. The molecule has 5 atom stereocenters. The van der Waals surface area contributed by atoms with E-state index >= 15 is 0 Å². The van der Waals surface area contributed by atoms with Gasteiger partial charge in [0.1, 0.15) is 11.1 Å². The van der Waals surface area contributed by atoms with Crippen LogP contribution in [0.5, 0.6) is 0 Å². The molecule has 0 radical (unpaired) electrons. The Kier molecular flexibility index (Phi) is 9.12. The van der Waals surface area contributed by atoms with E-state index in [1.807, 2.05) is 5.38 Å². The van der Waals surface area contributed by atoms with Crippen LogP contribution in [0.3, 0.4) is 0 Å². The molecule has 7 nitrogen and oxygen atoms in total. The van der Waals surface area contributed by atoms with Crippen molar-refractivity contribution in [2.24, 2.45) is 17.6 Å². The van der Waals surface area contributed by atoms with Gasteiger partial charge < -0.3 is 16.4 Å². The van der Waals surface area contributed by atoms with Crippen molar-refractivity contribution in [1.29, 1.82) is 0 Å². The van der Waals surface area contributed by atoms with E-state index in [1.165, 1.54) is 12.7 Å². The fraction of sp³-hybridized carbons (Fsp3) is 0.600.